The van der Waals surface area contributed by atoms with Crippen molar-refractivity contribution in [2.45, 2.75) is 57.1 Å². The number of carbonyl (C=O) groups excluding carboxylic acids is 2. The number of piperidine rings is 1. The van der Waals surface area contributed by atoms with Gasteiger partial charge in [-0.05, 0) is 57.4 Å². The smallest absolute Gasteiger partial charge is 0.237 e. The van der Waals surface area contributed by atoms with Crippen LogP contribution in [0.15, 0.2) is 0 Å². The van der Waals surface area contributed by atoms with Crippen LogP contribution in [-0.2, 0) is 14.3 Å². The second kappa shape index (κ2) is 12.1. The lowest BCUT2D eigenvalue weighted by Gasteiger charge is -2.33. The topological polar surface area (TPSA) is 70.7 Å². The van der Waals surface area contributed by atoms with Crippen LogP contribution < -0.4 is 10.6 Å². The van der Waals surface area contributed by atoms with Crippen LogP contribution in [0.5, 0.6) is 0 Å². The van der Waals surface area contributed by atoms with E-state index in [4.69, 9.17) is 4.74 Å². The van der Waals surface area contributed by atoms with E-state index in [1.807, 2.05) is 4.90 Å². The molecule has 0 aromatic heterocycles. The van der Waals surface area contributed by atoms with Crippen molar-refractivity contribution in [1.82, 2.24) is 15.5 Å². The molecule has 3 aliphatic rings. The number of hydrogen-bond acceptors (Lipinski definition) is 5. The van der Waals surface area contributed by atoms with Crippen LogP contribution in [0.2, 0.25) is 0 Å². The summed E-state index contributed by atoms with van der Waals surface area (Å²) in [6, 6.07) is -0.0188. The average Bonchev–Trinajstić information content (AvgIpc) is 3.22. The number of nitrogens with one attached hydrogen (secondary N) is 2. The van der Waals surface area contributed by atoms with Gasteiger partial charge in [0.2, 0.25) is 11.8 Å². The fourth-order valence-electron chi connectivity index (χ4n) is 4.04. The highest BCUT2D eigenvalue weighted by molar-refractivity contribution is 7.99. The van der Waals surface area contributed by atoms with Gasteiger partial charge in [0.05, 0.1) is 17.9 Å². The van der Waals surface area contributed by atoms with Crippen LogP contribution in [0, 0.1) is 5.92 Å². The van der Waals surface area contributed by atoms with E-state index in [0.717, 1.165) is 64.1 Å². The summed E-state index contributed by atoms with van der Waals surface area (Å²) in [6.07, 6.45) is 8.00. The molecule has 6 nitrogen and oxygen atoms in total. The predicted octanol–water partition coefficient (Wildman–Crippen LogP) is 1.82. The number of thioether (sulfide) groups is 1. The third-order valence-corrected chi connectivity index (χ3v) is 6.68. The first kappa shape index (κ1) is 22.8. The standard InChI is InChI=1S/C19H33N3O3S.ClH/c23-18(14-26-13-16-6-1-2-10-25-16)22-9-4-5-15(12-22)11-21-19(24)17-7-3-8-20-17;/h15-17,20H,1-14H2,(H,21,24);1H. The molecule has 3 saturated heterocycles. The van der Waals surface area contributed by atoms with Gasteiger partial charge in [-0.3, -0.25) is 9.59 Å². The van der Waals surface area contributed by atoms with Crippen LogP contribution in [0.25, 0.3) is 0 Å². The minimum Gasteiger partial charge on any atom is -0.377 e. The van der Waals surface area contributed by atoms with E-state index in [2.05, 4.69) is 10.6 Å². The highest BCUT2D eigenvalue weighted by Crippen LogP contribution is 2.20. The number of carbonyl (C=O) groups is 2. The average molecular weight is 420 g/mol. The number of halogens is 1. The van der Waals surface area contributed by atoms with E-state index in [1.54, 1.807) is 11.8 Å². The second-order valence-electron chi connectivity index (χ2n) is 7.75. The van der Waals surface area contributed by atoms with Gasteiger partial charge >= 0.3 is 0 Å². The maximum Gasteiger partial charge on any atom is 0.237 e. The lowest BCUT2D eigenvalue weighted by atomic mass is 9.98. The number of nitrogens with zero attached hydrogens (tertiary/aromatic N) is 1. The molecular formula is C19H34ClN3O3S. The monoisotopic (exact) mass is 419 g/mol. The molecule has 3 rings (SSSR count). The van der Waals surface area contributed by atoms with Gasteiger partial charge in [-0.15, -0.1) is 24.2 Å². The lowest BCUT2D eigenvalue weighted by molar-refractivity contribution is -0.130. The van der Waals surface area contributed by atoms with Gasteiger partial charge < -0.3 is 20.3 Å². The third-order valence-electron chi connectivity index (χ3n) is 5.62. The van der Waals surface area contributed by atoms with Gasteiger partial charge in [0, 0.05) is 32.0 Å². The van der Waals surface area contributed by atoms with Gasteiger partial charge in [-0.25, -0.2) is 0 Å². The molecule has 0 spiro atoms. The first-order valence-corrected chi connectivity index (χ1v) is 11.4. The van der Waals surface area contributed by atoms with E-state index < -0.39 is 0 Å². The van der Waals surface area contributed by atoms with Gasteiger partial charge in [0.1, 0.15) is 0 Å². The van der Waals surface area contributed by atoms with Crippen LogP contribution in [0.1, 0.15) is 44.9 Å². The second-order valence-corrected chi connectivity index (χ2v) is 8.78. The van der Waals surface area contributed by atoms with Gasteiger partial charge in [-0.2, -0.15) is 0 Å². The molecule has 0 saturated carbocycles. The third kappa shape index (κ3) is 7.44. The van der Waals surface area contributed by atoms with Crippen molar-refractivity contribution in [2.24, 2.45) is 5.92 Å². The number of amides is 2. The van der Waals surface area contributed by atoms with Gasteiger partial charge in [-0.1, -0.05) is 0 Å². The Balaban J connectivity index is 0.00000261. The first-order valence-electron chi connectivity index (χ1n) is 10.2. The Hall–Kier alpha value is -0.500. The zero-order valence-electron chi connectivity index (χ0n) is 16.1. The summed E-state index contributed by atoms with van der Waals surface area (Å²) in [5, 5.41) is 6.31. The number of rotatable bonds is 7. The quantitative estimate of drug-likeness (QED) is 0.658. The molecule has 156 valence electrons. The fraction of sp³-hybridized carbons (Fsp3) is 0.895. The molecule has 3 aliphatic heterocycles. The normalized spacial score (nSPS) is 28.4. The summed E-state index contributed by atoms with van der Waals surface area (Å²) in [5.74, 6) is 2.20. The number of ether oxygens (including phenoxy) is 1. The lowest BCUT2D eigenvalue weighted by Crippen LogP contribution is -2.47. The van der Waals surface area contributed by atoms with Crippen LogP contribution in [0.4, 0.5) is 0 Å². The molecule has 0 radical (unpaired) electrons. The zero-order valence-corrected chi connectivity index (χ0v) is 17.8. The van der Waals surface area contributed by atoms with Gasteiger partial charge in [0.25, 0.3) is 0 Å². The van der Waals surface area contributed by atoms with E-state index in [9.17, 15) is 9.59 Å². The van der Waals surface area contributed by atoms with E-state index in [0.29, 0.717) is 24.3 Å². The number of likely N-dealkylation sites (tertiary alicyclic amines) is 1. The van der Waals surface area contributed by atoms with Crippen molar-refractivity contribution >= 4 is 36.0 Å². The molecule has 8 heteroatoms. The summed E-state index contributed by atoms with van der Waals surface area (Å²) in [6.45, 7) is 4.12. The molecular weight excluding hydrogens is 386 g/mol. The molecule has 27 heavy (non-hydrogen) atoms. The zero-order chi connectivity index (χ0) is 18.2. The van der Waals surface area contributed by atoms with Crippen molar-refractivity contribution in [3.05, 3.63) is 0 Å². The van der Waals surface area contributed by atoms with Crippen molar-refractivity contribution in [3.8, 4) is 0 Å². The molecule has 2 amide bonds. The Morgan fingerprint density at radius 2 is 2.04 bits per heavy atom. The Kier molecular flexibility index (Phi) is 10.2. The van der Waals surface area contributed by atoms with Crippen molar-refractivity contribution in [2.75, 3.05) is 44.3 Å². The summed E-state index contributed by atoms with van der Waals surface area (Å²) in [4.78, 5) is 26.6. The molecule has 3 unspecified atom stereocenters. The van der Waals surface area contributed by atoms with Gasteiger partial charge in [0.15, 0.2) is 0 Å². The summed E-state index contributed by atoms with van der Waals surface area (Å²) < 4.78 is 5.73. The molecule has 0 aliphatic carbocycles. The van der Waals surface area contributed by atoms with Crippen molar-refractivity contribution < 1.29 is 14.3 Å². The Labute approximate surface area is 173 Å². The molecule has 3 fully saturated rings. The van der Waals surface area contributed by atoms with Crippen LogP contribution in [-0.4, -0.2) is 73.2 Å². The summed E-state index contributed by atoms with van der Waals surface area (Å²) >= 11 is 1.70. The molecule has 0 aromatic rings. The Morgan fingerprint density at radius 1 is 1.15 bits per heavy atom. The number of hydrogen-bond donors (Lipinski definition) is 2. The Morgan fingerprint density at radius 3 is 2.78 bits per heavy atom. The SMILES string of the molecule is Cl.O=C(NCC1CCCN(C(=O)CSCC2CCCCO2)C1)C1CCCN1. The molecule has 0 bridgehead atoms. The highest BCUT2D eigenvalue weighted by Gasteiger charge is 2.26. The summed E-state index contributed by atoms with van der Waals surface area (Å²) in [5.41, 5.74) is 0. The van der Waals surface area contributed by atoms with E-state index >= 15 is 0 Å². The van der Waals surface area contributed by atoms with E-state index in [1.165, 1.54) is 12.8 Å². The largest absolute Gasteiger partial charge is 0.377 e. The minimum atomic E-state index is -0.0188. The first-order chi connectivity index (χ1) is 12.7. The molecule has 3 atom stereocenters. The molecule has 0 aromatic carbocycles. The molecule has 2 N–H and O–H groups in total. The van der Waals surface area contributed by atoms with E-state index in [-0.39, 0.29) is 30.3 Å². The Bertz CT molecular complexity index is 471. The molecule has 3 heterocycles. The maximum absolute atomic E-state index is 12.5. The maximum atomic E-state index is 12.5. The van der Waals surface area contributed by atoms with Crippen LogP contribution >= 0.6 is 24.2 Å². The highest BCUT2D eigenvalue weighted by atomic mass is 35.5. The predicted molar refractivity (Wildman–Crippen MR) is 112 cm³/mol. The summed E-state index contributed by atoms with van der Waals surface area (Å²) in [7, 11) is 0. The van der Waals surface area contributed by atoms with Crippen molar-refractivity contribution in [3.63, 3.8) is 0 Å². The van der Waals surface area contributed by atoms with Crippen molar-refractivity contribution in [1.29, 1.82) is 0 Å². The minimum absolute atomic E-state index is 0. The fourth-order valence-corrected chi connectivity index (χ4v) is 5.04. The van der Waals surface area contributed by atoms with Crippen LogP contribution in [0.3, 0.4) is 0 Å².